The number of amides is 2. The highest BCUT2D eigenvalue weighted by Crippen LogP contribution is 2.37. The second-order valence-corrected chi connectivity index (χ2v) is 9.95. The first-order valence-corrected chi connectivity index (χ1v) is 13.4. The van der Waals surface area contributed by atoms with Crippen LogP contribution in [0.15, 0.2) is 42.5 Å². The maximum absolute atomic E-state index is 13.7. The number of carboxylic acid groups (broad SMARTS) is 1. The average molecular weight is 557 g/mol. The monoisotopic (exact) mass is 556 g/mol. The van der Waals surface area contributed by atoms with Crippen LogP contribution in [0, 0.1) is 0 Å². The van der Waals surface area contributed by atoms with Crippen molar-refractivity contribution in [1.29, 1.82) is 0 Å². The quantitative estimate of drug-likeness (QED) is 0.319. The Bertz CT molecular complexity index is 1150. The van der Waals surface area contributed by atoms with Crippen molar-refractivity contribution in [3.63, 3.8) is 0 Å². The molecule has 2 atom stereocenters. The van der Waals surface area contributed by atoms with E-state index < -0.39 is 23.6 Å². The zero-order chi connectivity index (χ0) is 29.4. The van der Waals surface area contributed by atoms with Crippen LogP contribution in [0.25, 0.3) is 0 Å². The van der Waals surface area contributed by atoms with Crippen molar-refractivity contribution in [2.75, 3.05) is 34.0 Å². The van der Waals surface area contributed by atoms with Gasteiger partial charge in [0, 0.05) is 26.0 Å². The van der Waals surface area contributed by atoms with E-state index in [-0.39, 0.29) is 44.0 Å². The number of nitrogens with one attached hydrogen (secondary N) is 1. The SMILES string of the molecule is CCOC1CC(NC(=O)N(CCO[C@@H](C)c2ccccc2)[C@H](C)c2cc(OC)c(C(C)=O)c(OC)c2)(C(=O)O)C1. The average Bonchev–Trinajstić information content (AvgIpc) is 2.92. The smallest absolute Gasteiger partial charge is 0.329 e. The van der Waals surface area contributed by atoms with Crippen molar-refractivity contribution in [2.24, 2.45) is 0 Å². The molecule has 10 heteroatoms. The third kappa shape index (κ3) is 6.92. The highest BCUT2D eigenvalue weighted by atomic mass is 16.5. The molecule has 10 nitrogen and oxygen atoms in total. The van der Waals surface area contributed by atoms with Crippen LogP contribution < -0.4 is 14.8 Å². The molecule has 0 unspecified atom stereocenters. The number of hydrogen-bond acceptors (Lipinski definition) is 7. The molecule has 0 radical (unpaired) electrons. The number of Topliss-reactive ketones (excluding diaryl/α,β-unsaturated/α-hetero) is 1. The van der Waals surface area contributed by atoms with Crippen molar-refractivity contribution < 1.29 is 38.4 Å². The number of aliphatic carboxylic acids is 1. The number of carbonyl (C=O) groups excluding carboxylic acids is 2. The van der Waals surface area contributed by atoms with Gasteiger partial charge in [0.15, 0.2) is 5.78 Å². The topological polar surface area (TPSA) is 124 Å². The molecule has 0 aliphatic heterocycles. The molecule has 2 amide bonds. The molecule has 0 saturated heterocycles. The van der Waals surface area contributed by atoms with Gasteiger partial charge in [-0.05, 0) is 51.0 Å². The minimum absolute atomic E-state index is 0.174. The van der Waals surface area contributed by atoms with E-state index in [9.17, 15) is 19.5 Å². The molecule has 40 heavy (non-hydrogen) atoms. The number of carbonyl (C=O) groups is 3. The largest absolute Gasteiger partial charge is 0.496 e. The molecule has 2 aromatic carbocycles. The number of nitrogens with zero attached hydrogens (tertiary/aromatic N) is 1. The van der Waals surface area contributed by atoms with Crippen molar-refractivity contribution in [3.05, 3.63) is 59.2 Å². The molecule has 218 valence electrons. The number of ketones is 1. The summed E-state index contributed by atoms with van der Waals surface area (Å²) in [6.07, 6.45) is -0.0725. The van der Waals surface area contributed by atoms with Crippen molar-refractivity contribution in [1.82, 2.24) is 10.2 Å². The van der Waals surface area contributed by atoms with Crippen LogP contribution in [0.4, 0.5) is 4.79 Å². The minimum atomic E-state index is -1.42. The van der Waals surface area contributed by atoms with Gasteiger partial charge < -0.3 is 34.3 Å². The first-order valence-electron chi connectivity index (χ1n) is 13.4. The van der Waals surface area contributed by atoms with E-state index in [0.717, 1.165) is 5.56 Å². The first-order chi connectivity index (χ1) is 19.1. The molecular weight excluding hydrogens is 516 g/mol. The Hall–Kier alpha value is -3.63. The van der Waals surface area contributed by atoms with Gasteiger partial charge >= 0.3 is 12.0 Å². The highest BCUT2D eigenvalue weighted by Gasteiger charge is 2.53. The van der Waals surface area contributed by atoms with Gasteiger partial charge in [-0.1, -0.05) is 30.3 Å². The lowest BCUT2D eigenvalue weighted by atomic mass is 9.74. The maximum Gasteiger partial charge on any atom is 0.329 e. The summed E-state index contributed by atoms with van der Waals surface area (Å²) in [5, 5.41) is 12.7. The highest BCUT2D eigenvalue weighted by molar-refractivity contribution is 5.99. The number of rotatable bonds is 14. The van der Waals surface area contributed by atoms with Gasteiger partial charge in [0.1, 0.15) is 22.6 Å². The molecule has 0 spiro atoms. The Kier molecular flexibility index (Phi) is 10.5. The lowest BCUT2D eigenvalue weighted by Crippen LogP contribution is -2.66. The molecule has 2 N–H and O–H groups in total. The maximum atomic E-state index is 13.7. The number of methoxy groups -OCH3 is 2. The molecule has 1 saturated carbocycles. The van der Waals surface area contributed by atoms with Crippen LogP contribution in [0.3, 0.4) is 0 Å². The number of benzene rings is 2. The summed E-state index contributed by atoms with van der Waals surface area (Å²) in [4.78, 5) is 39.7. The summed E-state index contributed by atoms with van der Waals surface area (Å²) in [7, 11) is 2.92. The van der Waals surface area contributed by atoms with Crippen LogP contribution in [-0.2, 0) is 14.3 Å². The molecule has 1 fully saturated rings. The van der Waals surface area contributed by atoms with Gasteiger partial charge in [0.05, 0.1) is 39.1 Å². The van der Waals surface area contributed by atoms with Crippen molar-refractivity contribution >= 4 is 17.8 Å². The second kappa shape index (κ2) is 13.6. The molecule has 3 rings (SSSR count). The fourth-order valence-electron chi connectivity index (χ4n) is 5.00. The molecule has 0 bridgehead atoms. The van der Waals surface area contributed by atoms with E-state index in [4.69, 9.17) is 18.9 Å². The molecule has 1 aliphatic rings. The lowest BCUT2D eigenvalue weighted by Gasteiger charge is -2.45. The van der Waals surface area contributed by atoms with Gasteiger partial charge in [-0.25, -0.2) is 9.59 Å². The van der Waals surface area contributed by atoms with Gasteiger partial charge in [-0.3, -0.25) is 4.79 Å². The van der Waals surface area contributed by atoms with Gasteiger partial charge in [-0.15, -0.1) is 0 Å². The summed E-state index contributed by atoms with van der Waals surface area (Å²) >= 11 is 0. The lowest BCUT2D eigenvalue weighted by molar-refractivity contribution is -0.156. The fourth-order valence-corrected chi connectivity index (χ4v) is 5.00. The third-order valence-electron chi connectivity index (χ3n) is 7.37. The van der Waals surface area contributed by atoms with Crippen molar-refractivity contribution in [3.8, 4) is 11.5 Å². The van der Waals surface area contributed by atoms with E-state index in [2.05, 4.69) is 5.32 Å². The number of urea groups is 1. The molecule has 1 aliphatic carbocycles. The number of carboxylic acids is 1. The standard InChI is InChI=1S/C30H40N2O8/c1-7-39-24-17-30(18-24,28(34)35)31-29(36)32(13-14-40-21(4)22-11-9-8-10-12-22)19(2)23-15-25(37-5)27(20(3)33)26(16-23)38-6/h8-12,15-16,19,21,24H,7,13-14,17-18H2,1-6H3,(H,31,36)(H,34,35)/t19-,21+,24?,30?/m1/s1. The van der Waals surface area contributed by atoms with Crippen molar-refractivity contribution in [2.45, 2.75) is 64.3 Å². The predicted octanol–water partition coefficient (Wildman–Crippen LogP) is 4.78. The first kappa shape index (κ1) is 30.9. The summed E-state index contributed by atoms with van der Waals surface area (Å²) in [5.74, 6) is -0.678. The molecule has 0 heterocycles. The van der Waals surface area contributed by atoms with E-state index in [1.165, 1.54) is 26.0 Å². The fraction of sp³-hybridized carbons (Fsp3) is 0.500. The van der Waals surface area contributed by atoms with Crippen LogP contribution >= 0.6 is 0 Å². The summed E-state index contributed by atoms with van der Waals surface area (Å²) in [6, 6.07) is 12.0. The third-order valence-corrected chi connectivity index (χ3v) is 7.37. The predicted molar refractivity (Wildman–Crippen MR) is 149 cm³/mol. The van der Waals surface area contributed by atoms with E-state index >= 15 is 0 Å². The summed E-state index contributed by atoms with van der Waals surface area (Å²) in [6.45, 7) is 7.87. The Morgan fingerprint density at radius 1 is 1.05 bits per heavy atom. The van der Waals surface area contributed by atoms with Crippen LogP contribution in [-0.4, -0.2) is 73.4 Å². The van der Waals surface area contributed by atoms with Crippen LogP contribution in [0.1, 0.15) is 74.2 Å². The van der Waals surface area contributed by atoms with Crippen LogP contribution in [0.5, 0.6) is 11.5 Å². The summed E-state index contributed by atoms with van der Waals surface area (Å²) in [5.41, 5.74) is 0.538. The summed E-state index contributed by atoms with van der Waals surface area (Å²) < 4.78 is 22.6. The normalized spacial score (nSPS) is 19.6. The zero-order valence-corrected chi connectivity index (χ0v) is 24.1. The number of ether oxygens (including phenoxy) is 4. The molecular formula is C30H40N2O8. The van der Waals surface area contributed by atoms with E-state index in [0.29, 0.717) is 29.2 Å². The zero-order valence-electron chi connectivity index (χ0n) is 24.1. The molecule has 0 aromatic heterocycles. The van der Waals surface area contributed by atoms with E-state index in [1.807, 2.05) is 51.1 Å². The Morgan fingerprint density at radius 2 is 1.65 bits per heavy atom. The number of hydrogen-bond donors (Lipinski definition) is 2. The van der Waals surface area contributed by atoms with Gasteiger partial charge in [0.2, 0.25) is 0 Å². The van der Waals surface area contributed by atoms with Gasteiger partial charge in [0.25, 0.3) is 0 Å². The second-order valence-electron chi connectivity index (χ2n) is 9.95. The van der Waals surface area contributed by atoms with E-state index in [1.54, 1.807) is 12.1 Å². The Labute approximate surface area is 235 Å². The van der Waals surface area contributed by atoms with Gasteiger partial charge in [-0.2, -0.15) is 0 Å². The Balaban J connectivity index is 1.88. The van der Waals surface area contributed by atoms with Crippen LogP contribution in [0.2, 0.25) is 0 Å². The molecule has 2 aromatic rings. The minimum Gasteiger partial charge on any atom is -0.496 e. The Morgan fingerprint density at radius 3 is 2.15 bits per heavy atom.